The summed E-state index contributed by atoms with van der Waals surface area (Å²) in [4.78, 5) is 21.3. The average Bonchev–Trinajstić information content (AvgIpc) is 2.16. The first-order valence-electron chi connectivity index (χ1n) is 5.14. The standard InChI is InChI=1S/C10H19NO4/c1-7(12)9(13)6-4-2-3-5-8(11)10(14)15/h7-8,12H,2-6,11H2,1H3,(H,14,15). The second kappa shape index (κ2) is 7.36. The zero-order valence-electron chi connectivity index (χ0n) is 8.98. The maximum absolute atomic E-state index is 11.0. The van der Waals surface area contributed by atoms with Gasteiger partial charge in [-0.1, -0.05) is 12.8 Å². The fraction of sp³-hybridized carbons (Fsp3) is 0.800. The first kappa shape index (κ1) is 14.1. The van der Waals surface area contributed by atoms with Gasteiger partial charge < -0.3 is 15.9 Å². The van der Waals surface area contributed by atoms with Gasteiger partial charge in [-0.15, -0.1) is 0 Å². The Kier molecular flexibility index (Phi) is 6.90. The van der Waals surface area contributed by atoms with Crippen LogP contribution in [-0.4, -0.2) is 34.1 Å². The Hall–Kier alpha value is -0.940. The molecule has 4 N–H and O–H groups in total. The van der Waals surface area contributed by atoms with E-state index in [0.717, 1.165) is 6.42 Å². The Morgan fingerprint density at radius 1 is 1.27 bits per heavy atom. The normalized spacial score (nSPS) is 14.6. The highest BCUT2D eigenvalue weighted by molar-refractivity contribution is 5.82. The average molecular weight is 217 g/mol. The molecule has 0 aromatic carbocycles. The molecule has 0 aromatic rings. The van der Waals surface area contributed by atoms with Gasteiger partial charge in [0.2, 0.25) is 0 Å². The highest BCUT2D eigenvalue weighted by atomic mass is 16.4. The van der Waals surface area contributed by atoms with E-state index in [4.69, 9.17) is 15.9 Å². The van der Waals surface area contributed by atoms with E-state index < -0.39 is 18.1 Å². The number of Topliss-reactive ketones (excluding diaryl/α,β-unsaturated/α-hetero) is 1. The number of rotatable bonds is 8. The minimum atomic E-state index is -0.991. The molecule has 5 heteroatoms. The lowest BCUT2D eigenvalue weighted by atomic mass is 10.1. The Morgan fingerprint density at radius 2 is 1.87 bits per heavy atom. The van der Waals surface area contributed by atoms with Crippen molar-refractivity contribution in [1.82, 2.24) is 0 Å². The van der Waals surface area contributed by atoms with Crippen LogP contribution in [0.15, 0.2) is 0 Å². The largest absolute Gasteiger partial charge is 0.480 e. The minimum absolute atomic E-state index is 0.169. The predicted octanol–water partition coefficient (Wildman–Crippen LogP) is 0.299. The van der Waals surface area contributed by atoms with Crippen LogP contribution < -0.4 is 5.73 Å². The van der Waals surface area contributed by atoms with Gasteiger partial charge in [0.15, 0.2) is 5.78 Å². The van der Waals surface area contributed by atoms with Crippen molar-refractivity contribution in [2.45, 2.75) is 51.2 Å². The Bertz CT molecular complexity index is 215. The van der Waals surface area contributed by atoms with Gasteiger partial charge in [0.1, 0.15) is 12.1 Å². The lowest BCUT2D eigenvalue weighted by molar-refractivity contribution is -0.138. The third kappa shape index (κ3) is 7.04. The second-order valence-electron chi connectivity index (χ2n) is 3.69. The molecule has 0 spiro atoms. The van der Waals surface area contributed by atoms with E-state index in [9.17, 15) is 9.59 Å². The molecule has 0 radical (unpaired) electrons. The molecule has 0 aliphatic carbocycles. The number of aliphatic hydroxyl groups excluding tert-OH is 1. The van der Waals surface area contributed by atoms with Crippen molar-refractivity contribution >= 4 is 11.8 Å². The quantitative estimate of drug-likeness (QED) is 0.508. The van der Waals surface area contributed by atoms with Crippen LogP contribution in [0, 0.1) is 0 Å². The molecule has 0 aliphatic rings. The molecule has 0 aliphatic heterocycles. The van der Waals surface area contributed by atoms with Crippen molar-refractivity contribution in [3.05, 3.63) is 0 Å². The van der Waals surface area contributed by atoms with Crippen LogP contribution in [0.5, 0.6) is 0 Å². The highest BCUT2D eigenvalue weighted by Gasteiger charge is 2.11. The summed E-state index contributed by atoms with van der Waals surface area (Å²) >= 11 is 0. The smallest absolute Gasteiger partial charge is 0.320 e. The van der Waals surface area contributed by atoms with E-state index in [1.165, 1.54) is 6.92 Å². The maximum Gasteiger partial charge on any atom is 0.320 e. The zero-order chi connectivity index (χ0) is 11.8. The molecule has 0 saturated carbocycles. The Morgan fingerprint density at radius 3 is 2.33 bits per heavy atom. The maximum atomic E-state index is 11.0. The number of aliphatic hydroxyl groups is 1. The molecule has 0 amide bonds. The summed E-state index contributed by atoms with van der Waals surface area (Å²) in [5, 5.41) is 17.4. The van der Waals surface area contributed by atoms with Crippen LogP contribution in [-0.2, 0) is 9.59 Å². The molecule has 0 bridgehead atoms. The SMILES string of the molecule is CC(O)C(=O)CCCCCC(N)C(=O)O. The predicted molar refractivity (Wildman–Crippen MR) is 55.4 cm³/mol. The van der Waals surface area contributed by atoms with E-state index in [1.807, 2.05) is 0 Å². The van der Waals surface area contributed by atoms with Crippen molar-refractivity contribution in [1.29, 1.82) is 0 Å². The van der Waals surface area contributed by atoms with Crippen molar-refractivity contribution in [3.8, 4) is 0 Å². The van der Waals surface area contributed by atoms with Crippen LogP contribution in [0.4, 0.5) is 0 Å². The first-order chi connectivity index (χ1) is 6.95. The number of carbonyl (C=O) groups is 2. The molecular formula is C10H19NO4. The number of hydrogen-bond donors (Lipinski definition) is 3. The summed E-state index contributed by atoms with van der Waals surface area (Å²) in [6, 6.07) is -0.808. The van der Waals surface area contributed by atoms with Crippen molar-refractivity contribution in [3.63, 3.8) is 0 Å². The highest BCUT2D eigenvalue weighted by Crippen LogP contribution is 2.06. The number of carbonyl (C=O) groups excluding carboxylic acids is 1. The first-order valence-corrected chi connectivity index (χ1v) is 5.14. The number of carboxylic acid groups (broad SMARTS) is 1. The summed E-state index contributed by atoms with van der Waals surface area (Å²) in [6.07, 6.45) is 2.01. The van der Waals surface area contributed by atoms with Gasteiger partial charge >= 0.3 is 5.97 Å². The van der Waals surface area contributed by atoms with E-state index in [2.05, 4.69) is 0 Å². The molecular weight excluding hydrogens is 198 g/mol. The molecule has 5 nitrogen and oxygen atoms in total. The van der Waals surface area contributed by atoms with E-state index in [0.29, 0.717) is 25.7 Å². The number of nitrogens with two attached hydrogens (primary N) is 1. The third-order valence-corrected chi connectivity index (χ3v) is 2.22. The fourth-order valence-electron chi connectivity index (χ4n) is 1.17. The van der Waals surface area contributed by atoms with Gasteiger partial charge in [0.05, 0.1) is 0 Å². The van der Waals surface area contributed by atoms with Crippen LogP contribution in [0.2, 0.25) is 0 Å². The monoisotopic (exact) mass is 217 g/mol. The van der Waals surface area contributed by atoms with Gasteiger partial charge in [-0.25, -0.2) is 0 Å². The molecule has 0 saturated heterocycles. The molecule has 2 atom stereocenters. The van der Waals surface area contributed by atoms with E-state index in [1.54, 1.807) is 0 Å². The molecule has 0 rings (SSSR count). The number of unbranched alkanes of at least 4 members (excludes halogenated alkanes) is 2. The molecule has 0 fully saturated rings. The van der Waals surface area contributed by atoms with Gasteiger partial charge in [-0.05, 0) is 19.8 Å². The molecule has 0 aromatic heterocycles. The summed E-state index contributed by atoms with van der Waals surface area (Å²) in [6.45, 7) is 1.45. The number of ketones is 1. The van der Waals surface area contributed by atoms with Gasteiger partial charge in [0.25, 0.3) is 0 Å². The van der Waals surface area contributed by atoms with E-state index >= 15 is 0 Å². The van der Waals surface area contributed by atoms with Crippen molar-refractivity contribution in [2.75, 3.05) is 0 Å². The van der Waals surface area contributed by atoms with E-state index in [-0.39, 0.29) is 5.78 Å². The summed E-state index contributed by atoms with van der Waals surface area (Å²) in [7, 11) is 0. The molecule has 0 heterocycles. The van der Waals surface area contributed by atoms with Crippen LogP contribution in [0.25, 0.3) is 0 Å². The fourth-order valence-corrected chi connectivity index (χ4v) is 1.17. The number of aliphatic carboxylic acids is 1. The zero-order valence-corrected chi connectivity index (χ0v) is 8.98. The van der Waals surface area contributed by atoms with Crippen LogP contribution in [0.3, 0.4) is 0 Å². The molecule has 88 valence electrons. The Labute approximate surface area is 89.3 Å². The second-order valence-corrected chi connectivity index (χ2v) is 3.69. The number of hydrogen-bond acceptors (Lipinski definition) is 4. The van der Waals surface area contributed by atoms with Gasteiger partial charge in [-0.2, -0.15) is 0 Å². The molecule has 15 heavy (non-hydrogen) atoms. The Balaban J connectivity index is 3.40. The van der Waals surface area contributed by atoms with Crippen LogP contribution >= 0.6 is 0 Å². The summed E-state index contributed by atoms with van der Waals surface area (Å²) < 4.78 is 0. The third-order valence-electron chi connectivity index (χ3n) is 2.22. The van der Waals surface area contributed by atoms with Crippen molar-refractivity contribution < 1.29 is 19.8 Å². The lowest BCUT2D eigenvalue weighted by Gasteiger charge is -2.06. The minimum Gasteiger partial charge on any atom is -0.480 e. The molecule has 2 unspecified atom stereocenters. The lowest BCUT2D eigenvalue weighted by Crippen LogP contribution is -2.29. The number of carboxylic acids is 1. The summed E-state index contributed by atoms with van der Waals surface area (Å²) in [5.41, 5.74) is 5.30. The topological polar surface area (TPSA) is 101 Å². The van der Waals surface area contributed by atoms with Gasteiger partial charge in [-0.3, -0.25) is 9.59 Å². The van der Waals surface area contributed by atoms with Crippen LogP contribution in [0.1, 0.15) is 39.0 Å². The van der Waals surface area contributed by atoms with Gasteiger partial charge in [0, 0.05) is 6.42 Å². The summed E-state index contributed by atoms with van der Waals surface area (Å²) in [5.74, 6) is -1.16. The van der Waals surface area contributed by atoms with Crippen molar-refractivity contribution in [2.24, 2.45) is 5.73 Å².